The van der Waals surface area contributed by atoms with E-state index in [1.54, 1.807) is 0 Å². The van der Waals surface area contributed by atoms with Crippen LogP contribution in [0.4, 0.5) is 5.69 Å². The van der Waals surface area contributed by atoms with Crippen LogP contribution in [0, 0.1) is 13.8 Å². The number of piperidine rings is 1. The van der Waals surface area contributed by atoms with Crippen LogP contribution >= 0.6 is 24.8 Å². The number of anilines is 1. The molecule has 0 bridgehead atoms. The highest BCUT2D eigenvalue weighted by molar-refractivity contribution is 5.85. The van der Waals surface area contributed by atoms with Crippen molar-refractivity contribution in [3.63, 3.8) is 0 Å². The highest BCUT2D eigenvalue weighted by atomic mass is 35.5. The molecule has 0 atom stereocenters. The number of hydrogen-bond acceptors (Lipinski definition) is 2. The van der Waals surface area contributed by atoms with Crippen LogP contribution in [-0.4, -0.2) is 13.1 Å². The van der Waals surface area contributed by atoms with Crippen LogP contribution in [0.5, 0.6) is 0 Å². The minimum atomic E-state index is 0. The van der Waals surface area contributed by atoms with E-state index in [0.717, 1.165) is 0 Å². The summed E-state index contributed by atoms with van der Waals surface area (Å²) in [5.41, 5.74) is 10.7. The fourth-order valence-electron chi connectivity index (χ4n) is 2.72. The van der Waals surface area contributed by atoms with Crippen LogP contribution in [0.15, 0.2) is 48.5 Å². The smallest absolute Gasteiger partial charge is 0.0366 e. The Hall–Kier alpha value is -1.22. The predicted molar refractivity (Wildman–Crippen MR) is 111 cm³/mol. The lowest BCUT2D eigenvalue weighted by atomic mass is 10.1. The summed E-state index contributed by atoms with van der Waals surface area (Å²) in [6.07, 6.45) is 4.12. The van der Waals surface area contributed by atoms with E-state index in [1.165, 1.54) is 54.7 Å². The van der Waals surface area contributed by atoms with Gasteiger partial charge in [0.1, 0.15) is 0 Å². The van der Waals surface area contributed by atoms with Crippen molar-refractivity contribution in [1.29, 1.82) is 0 Å². The first-order valence-corrected chi connectivity index (χ1v) is 8.27. The largest absolute Gasteiger partial charge is 0.372 e. The maximum absolute atomic E-state index is 5.47. The molecule has 0 spiro atoms. The number of benzene rings is 2. The van der Waals surface area contributed by atoms with Crippen molar-refractivity contribution < 1.29 is 0 Å². The van der Waals surface area contributed by atoms with Crippen LogP contribution in [0.3, 0.4) is 0 Å². The fraction of sp³-hybridized carbons (Fsp3) is 0.400. The topological polar surface area (TPSA) is 29.3 Å². The van der Waals surface area contributed by atoms with Gasteiger partial charge < -0.3 is 10.6 Å². The number of hydrogen-bond donors (Lipinski definition) is 1. The molecule has 0 radical (unpaired) electrons. The summed E-state index contributed by atoms with van der Waals surface area (Å²) in [6, 6.07) is 17.0. The molecule has 0 saturated carbocycles. The minimum absolute atomic E-state index is 0. The Kier molecular flexibility index (Phi) is 11.6. The molecule has 0 aromatic heterocycles. The number of rotatable bonds is 2. The Bertz CT molecular complexity index is 567. The zero-order valence-corrected chi connectivity index (χ0v) is 16.3. The molecule has 1 aliphatic heterocycles. The third-order valence-electron chi connectivity index (χ3n) is 4.28. The molecule has 0 unspecified atom stereocenters. The molecule has 0 aliphatic carbocycles. The second kappa shape index (κ2) is 12.2. The van der Waals surface area contributed by atoms with Gasteiger partial charge in [-0.1, -0.05) is 36.4 Å². The number of nitrogens with two attached hydrogens (primary N) is 1. The van der Waals surface area contributed by atoms with Crippen LogP contribution in [-0.2, 0) is 6.54 Å². The Labute approximate surface area is 159 Å². The lowest BCUT2D eigenvalue weighted by Crippen LogP contribution is -2.29. The Morgan fingerprint density at radius 3 is 2.00 bits per heavy atom. The molecule has 4 heteroatoms. The highest BCUT2D eigenvalue weighted by Gasteiger charge is 2.09. The van der Waals surface area contributed by atoms with E-state index in [2.05, 4.69) is 67.3 Å². The van der Waals surface area contributed by atoms with Gasteiger partial charge in [-0.3, -0.25) is 0 Å². The highest BCUT2D eigenvalue weighted by Crippen LogP contribution is 2.18. The lowest BCUT2D eigenvalue weighted by Gasteiger charge is -2.28. The van der Waals surface area contributed by atoms with Gasteiger partial charge in [-0.05, 0) is 61.9 Å². The Morgan fingerprint density at radius 2 is 1.46 bits per heavy atom. The first-order chi connectivity index (χ1) is 10.7. The third-order valence-corrected chi connectivity index (χ3v) is 4.28. The molecule has 2 nitrogen and oxygen atoms in total. The van der Waals surface area contributed by atoms with Crippen molar-refractivity contribution in [2.24, 2.45) is 5.73 Å². The number of nitrogens with zero attached hydrogens (tertiary/aromatic N) is 1. The van der Waals surface area contributed by atoms with Gasteiger partial charge in [-0.15, -0.1) is 24.8 Å². The average molecular weight is 369 g/mol. The lowest BCUT2D eigenvalue weighted by molar-refractivity contribution is 0.578. The van der Waals surface area contributed by atoms with Crippen LogP contribution in [0.25, 0.3) is 0 Å². The molecule has 0 amide bonds. The van der Waals surface area contributed by atoms with Crippen LogP contribution in [0.2, 0.25) is 0 Å². The van der Waals surface area contributed by atoms with E-state index < -0.39 is 0 Å². The van der Waals surface area contributed by atoms with Gasteiger partial charge >= 0.3 is 0 Å². The summed E-state index contributed by atoms with van der Waals surface area (Å²) < 4.78 is 0. The van der Waals surface area contributed by atoms with Crippen LogP contribution in [0.1, 0.15) is 36.0 Å². The zero-order valence-electron chi connectivity index (χ0n) is 14.7. The molecule has 24 heavy (non-hydrogen) atoms. The molecule has 2 aromatic carbocycles. The van der Waals surface area contributed by atoms with Crippen molar-refractivity contribution in [2.45, 2.75) is 39.7 Å². The second-order valence-corrected chi connectivity index (χ2v) is 6.01. The summed E-state index contributed by atoms with van der Waals surface area (Å²) in [6.45, 7) is 7.33. The summed E-state index contributed by atoms with van der Waals surface area (Å²) in [5, 5.41) is 0. The number of para-hydroxylation sites is 1. The quantitative estimate of drug-likeness (QED) is 0.780. The van der Waals surface area contributed by atoms with Crippen molar-refractivity contribution in [3.8, 4) is 0 Å². The monoisotopic (exact) mass is 368 g/mol. The van der Waals surface area contributed by atoms with Crippen molar-refractivity contribution in [2.75, 3.05) is 18.0 Å². The van der Waals surface area contributed by atoms with Gasteiger partial charge in [0.05, 0.1) is 0 Å². The van der Waals surface area contributed by atoms with E-state index in [-0.39, 0.29) is 24.8 Å². The van der Waals surface area contributed by atoms with E-state index >= 15 is 0 Å². The third kappa shape index (κ3) is 7.12. The van der Waals surface area contributed by atoms with Crippen molar-refractivity contribution in [1.82, 2.24) is 0 Å². The minimum Gasteiger partial charge on any atom is -0.372 e. The summed E-state index contributed by atoms with van der Waals surface area (Å²) >= 11 is 0. The number of halogens is 2. The van der Waals surface area contributed by atoms with Crippen LogP contribution < -0.4 is 10.6 Å². The van der Waals surface area contributed by atoms with Crippen molar-refractivity contribution >= 4 is 30.5 Å². The Balaban J connectivity index is 0.000000413. The molecule has 1 aliphatic rings. The Morgan fingerprint density at radius 1 is 0.833 bits per heavy atom. The molecule has 3 rings (SSSR count). The van der Waals surface area contributed by atoms with Gasteiger partial charge in [0, 0.05) is 25.3 Å². The molecule has 1 fully saturated rings. The molecule has 1 heterocycles. The maximum Gasteiger partial charge on any atom is 0.0366 e. The summed E-state index contributed by atoms with van der Waals surface area (Å²) in [7, 11) is 0. The molecule has 2 aromatic rings. The van der Waals surface area contributed by atoms with E-state index in [4.69, 9.17) is 5.73 Å². The summed E-state index contributed by atoms with van der Waals surface area (Å²) in [4.78, 5) is 2.48. The van der Waals surface area contributed by atoms with Crippen molar-refractivity contribution in [3.05, 3.63) is 65.2 Å². The van der Waals surface area contributed by atoms with Gasteiger partial charge in [0.2, 0.25) is 0 Å². The predicted octanol–water partition coefficient (Wildman–Crippen LogP) is 5.28. The SMILES string of the molecule is Cc1ccc(CN)cc1C.Cl.Cl.c1ccc(N2CCCCC2)cc1. The van der Waals surface area contributed by atoms with Gasteiger partial charge in [-0.2, -0.15) is 0 Å². The van der Waals surface area contributed by atoms with Gasteiger partial charge in [0.25, 0.3) is 0 Å². The molecule has 1 saturated heterocycles. The molecule has 2 N–H and O–H groups in total. The summed E-state index contributed by atoms with van der Waals surface area (Å²) in [5.74, 6) is 0. The molecular weight excluding hydrogens is 339 g/mol. The zero-order chi connectivity index (χ0) is 15.8. The van der Waals surface area contributed by atoms with E-state index in [0.29, 0.717) is 6.54 Å². The van der Waals surface area contributed by atoms with E-state index in [1.807, 2.05) is 0 Å². The maximum atomic E-state index is 5.47. The van der Waals surface area contributed by atoms with E-state index in [9.17, 15) is 0 Å². The van der Waals surface area contributed by atoms with Gasteiger partial charge in [0.15, 0.2) is 0 Å². The normalized spacial score (nSPS) is 13.0. The second-order valence-electron chi connectivity index (χ2n) is 6.01. The molecule has 134 valence electrons. The first kappa shape index (κ1) is 22.8. The molecular formula is C20H30Cl2N2. The first-order valence-electron chi connectivity index (χ1n) is 8.27. The standard InChI is InChI=1S/C11H15N.C9H13N.2ClH/c1-3-7-11(8-4-1)12-9-5-2-6-10-12;1-7-3-4-9(6-10)5-8(7)2;;/h1,3-4,7-8H,2,5-6,9-10H2;3-5H,6,10H2,1-2H3;2*1H. The average Bonchev–Trinajstić information content (AvgIpc) is 2.59. The number of aryl methyl sites for hydroxylation is 2. The fourth-order valence-corrected chi connectivity index (χ4v) is 2.72. The van der Waals surface area contributed by atoms with Gasteiger partial charge in [-0.25, -0.2) is 0 Å².